The van der Waals surface area contributed by atoms with Gasteiger partial charge in [-0.15, -0.1) is 6.42 Å². The predicted octanol–water partition coefficient (Wildman–Crippen LogP) is 2.76. The number of alkyl halides is 3. The summed E-state index contributed by atoms with van der Waals surface area (Å²) in [5, 5.41) is 6.21. The van der Waals surface area contributed by atoms with Crippen LogP contribution < -0.4 is 5.32 Å². The normalized spacial score (nSPS) is 13.8. The zero-order chi connectivity index (χ0) is 27.6. The van der Waals surface area contributed by atoms with Gasteiger partial charge < -0.3 is 19.7 Å². The summed E-state index contributed by atoms with van der Waals surface area (Å²) >= 11 is 6.32. The van der Waals surface area contributed by atoms with Crippen LogP contribution in [0, 0.1) is 12.3 Å². The lowest BCUT2D eigenvalue weighted by molar-refractivity contribution is -0.141. The van der Waals surface area contributed by atoms with Gasteiger partial charge in [0.05, 0.1) is 28.0 Å². The number of nitrogens with zero attached hydrogens (tertiary/aromatic N) is 6. The Bertz CT molecular complexity index is 1430. The van der Waals surface area contributed by atoms with E-state index in [9.17, 15) is 27.6 Å². The second kappa shape index (κ2) is 10.6. The highest BCUT2D eigenvalue weighted by Crippen LogP contribution is 2.36. The summed E-state index contributed by atoms with van der Waals surface area (Å²) in [6.45, 7) is 1.41. The number of imidazole rings is 1. The molecule has 3 heterocycles. The molecular weight excluding hydrogens is 527 g/mol. The Morgan fingerprint density at radius 3 is 2.55 bits per heavy atom. The number of terminal acetylenes is 1. The van der Waals surface area contributed by atoms with E-state index in [1.807, 2.05) is 0 Å². The zero-order valence-electron chi connectivity index (χ0n) is 20.0. The molecule has 0 atom stereocenters. The summed E-state index contributed by atoms with van der Waals surface area (Å²) in [5.74, 6) is 1.05. The molecule has 1 saturated heterocycles. The molecule has 3 aromatic rings. The fourth-order valence-corrected chi connectivity index (χ4v) is 4.28. The molecule has 4 rings (SSSR count). The maximum absolute atomic E-state index is 13.6. The number of anilines is 1. The number of carbonyl (C=O) groups excluding carboxylic acids is 3. The summed E-state index contributed by atoms with van der Waals surface area (Å²) in [7, 11) is 1.40. The van der Waals surface area contributed by atoms with Gasteiger partial charge in [-0.1, -0.05) is 17.5 Å². The first kappa shape index (κ1) is 26.7. The molecule has 0 bridgehead atoms. The topological polar surface area (TPSA) is 105 Å². The first-order valence-corrected chi connectivity index (χ1v) is 11.6. The van der Waals surface area contributed by atoms with Gasteiger partial charge in [0.1, 0.15) is 6.54 Å². The molecule has 0 saturated carbocycles. The van der Waals surface area contributed by atoms with Crippen LogP contribution in [0.4, 0.5) is 18.9 Å². The van der Waals surface area contributed by atoms with Crippen LogP contribution in [0.15, 0.2) is 30.6 Å². The quantitative estimate of drug-likeness (QED) is 0.377. The van der Waals surface area contributed by atoms with Crippen LogP contribution in [0.2, 0.25) is 5.02 Å². The Balaban J connectivity index is 1.52. The lowest BCUT2D eigenvalue weighted by atomic mass is 10.1. The third-order valence-electron chi connectivity index (χ3n) is 5.96. The van der Waals surface area contributed by atoms with Crippen LogP contribution in [-0.4, -0.2) is 73.5 Å². The molecule has 38 heavy (non-hydrogen) atoms. The molecule has 2 aromatic heterocycles. The van der Waals surface area contributed by atoms with E-state index >= 15 is 0 Å². The van der Waals surface area contributed by atoms with E-state index < -0.39 is 17.8 Å². The van der Waals surface area contributed by atoms with E-state index in [0.717, 1.165) is 23.5 Å². The van der Waals surface area contributed by atoms with E-state index in [4.69, 9.17) is 18.0 Å². The van der Waals surface area contributed by atoms with E-state index in [1.54, 1.807) is 9.80 Å². The van der Waals surface area contributed by atoms with Crippen molar-refractivity contribution in [2.24, 2.45) is 7.05 Å². The van der Waals surface area contributed by atoms with Crippen LogP contribution >= 0.6 is 11.6 Å². The van der Waals surface area contributed by atoms with Crippen LogP contribution in [0.25, 0.3) is 11.3 Å². The maximum atomic E-state index is 13.6. The molecule has 3 amide bonds. The standard InChI is InChI=1S/C24H21ClF3N7O3/c1-3-6-35-13-17(20(31-35)24(26,27)28)19-12-29-21(32(19)2)22(37)30-15-4-5-16(18(25)11-15)23(38)34-9-7-33(14-36)8-10-34/h1,4-5,11-14H,6-10H2,2H3,(H,30,37). The summed E-state index contributed by atoms with van der Waals surface area (Å²) in [4.78, 5) is 43.7. The van der Waals surface area contributed by atoms with Gasteiger partial charge in [-0.2, -0.15) is 18.3 Å². The third kappa shape index (κ3) is 5.35. The highest BCUT2D eigenvalue weighted by molar-refractivity contribution is 6.34. The SMILES string of the molecule is C#CCn1cc(-c2cnc(C(=O)Nc3ccc(C(=O)N4CCN(C=O)CC4)c(Cl)c3)n2C)c(C(F)(F)F)n1. The van der Waals surface area contributed by atoms with Gasteiger partial charge in [-0.05, 0) is 18.2 Å². The minimum atomic E-state index is -4.75. The van der Waals surface area contributed by atoms with Crippen molar-refractivity contribution < 1.29 is 27.6 Å². The summed E-state index contributed by atoms with van der Waals surface area (Å²) < 4.78 is 42.9. The van der Waals surface area contributed by atoms with Crippen LogP contribution in [0.1, 0.15) is 26.7 Å². The van der Waals surface area contributed by atoms with Crippen molar-refractivity contribution in [3.05, 3.63) is 52.7 Å². The van der Waals surface area contributed by atoms with Gasteiger partial charge in [-0.3, -0.25) is 19.1 Å². The summed E-state index contributed by atoms with van der Waals surface area (Å²) in [6, 6.07) is 4.34. The van der Waals surface area contributed by atoms with E-state index in [0.29, 0.717) is 26.2 Å². The Kier molecular flexibility index (Phi) is 7.45. The molecule has 198 valence electrons. The molecule has 1 fully saturated rings. The number of benzene rings is 1. The molecule has 14 heteroatoms. The summed E-state index contributed by atoms with van der Waals surface area (Å²) in [6.07, 6.45) is 3.47. The van der Waals surface area contributed by atoms with Crippen LogP contribution in [0.5, 0.6) is 0 Å². The Morgan fingerprint density at radius 2 is 1.95 bits per heavy atom. The van der Waals surface area contributed by atoms with Gasteiger partial charge in [0.2, 0.25) is 6.41 Å². The minimum Gasteiger partial charge on any atom is -0.342 e. The molecule has 10 nitrogen and oxygen atoms in total. The van der Waals surface area contributed by atoms with E-state index in [1.165, 1.54) is 29.8 Å². The van der Waals surface area contributed by atoms with Gasteiger partial charge in [0.25, 0.3) is 11.8 Å². The average molecular weight is 548 g/mol. The number of halogens is 4. The van der Waals surface area contributed by atoms with Gasteiger partial charge in [0, 0.05) is 45.1 Å². The van der Waals surface area contributed by atoms with Crippen molar-refractivity contribution in [3.63, 3.8) is 0 Å². The van der Waals surface area contributed by atoms with Crippen LogP contribution in [-0.2, 0) is 24.6 Å². The first-order valence-electron chi connectivity index (χ1n) is 11.2. The maximum Gasteiger partial charge on any atom is 0.435 e. The highest BCUT2D eigenvalue weighted by atomic mass is 35.5. The molecule has 1 aromatic carbocycles. The average Bonchev–Trinajstić information content (AvgIpc) is 3.47. The van der Waals surface area contributed by atoms with Crippen molar-refractivity contribution >= 4 is 35.5 Å². The number of nitrogens with one attached hydrogen (secondary N) is 1. The third-order valence-corrected chi connectivity index (χ3v) is 6.27. The highest BCUT2D eigenvalue weighted by Gasteiger charge is 2.38. The molecule has 0 radical (unpaired) electrons. The fraction of sp³-hybridized carbons (Fsp3) is 0.292. The predicted molar refractivity (Wildman–Crippen MR) is 131 cm³/mol. The van der Waals surface area contributed by atoms with Crippen molar-refractivity contribution in [3.8, 4) is 23.6 Å². The van der Waals surface area contributed by atoms with E-state index in [-0.39, 0.29) is 45.8 Å². The summed E-state index contributed by atoms with van der Waals surface area (Å²) in [5.41, 5.74) is -0.930. The minimum absolute atomic E-state index is 0.0133. The van der Waals surface area contributed by atoms with Gasteiger partial charge in [-0.25, -0.2) is 4.98 Å². The number of rotatable bonds is 6. The number of carbonyl (C=O) groups is 3. The molecule has 1 N–H and O–H groups in total. The molecule has 0 spiro atoms. The van der Waals surface area contributed by atoms with Gasteiger partial charge in [0.15, 0.2) is 11.5 Å². The Labute approximate surface area is 220 Å². The number of piperazine rings is 1. The number of amides is 3. The Hall–Kier alpha value is -4.31. The number of hydrogen-bond acceptors (Lipinski definition) is 5. The smallest absolute Gasteiger partial charge is 0.342 e. The first-order chi connectivity index (χ1) is 18.0. The monoisotopic (exact) mass is 547 g/mol. The molecule has 1 aliphatic heterocycles. The second-order valence-electron chi connectivity index (χ2n) is 8.40. The Morgan fingerprint density at radius 1 is 1.24 bits per heavy atom. The van der Waals surface area contributed by atoms with Crippen molar-refractivity contribution in [1.29, 1.82) is 0 Å². The lowest BCUT2D eigenvalue weighted by Crippen LogP contribution is -2.48. The molecular formula is C24H21ClF3N7O3. The lowest BCUT2D eigenvalue weighted by Gasteiger charge is -2.32. The second-order valence-corrected chi connectivity index (χ2v) is 8.81. The van der Waals surface area contributed by atoms with Crippen molar-refractivity contribution in [1.82, 2.24) is 29.1 Å². The van der Waals surface area contributed by atoms with Crippen molar-refractivity contribution in [2.75, 3.05) is 31.5 Å². The number of hydrogen-bond donors (Lipinski definition) is 1. The molecule has 0 aliphatic carbocycles. The zero-order valence-corrected chi connectivity index (χ0v) is 20.8. The molecule has 0 unspecified atom stereocenters. The van der Waals surface area contributed by atoms with E-state index in [2.05, 4.69) is 21.3 Å². The largest absolute Gasteiger partial charge is 0.435 e. The fourth-order valence-electron chi connectivity index (χ4n) is 4.02. The van der Waals surface area contributed by atoms with Gasteiger partial charge >= 0.3 is 6.18 Å². The van der Waals surface area contributed by atoms with Crippen LogP contribution in [0.3, 0.4) is 0 Å². The number of aromatic nitrogens is 4. The van der Waals surface area contributed by atoms with Crippen molar-refractivity contribution in [2.45, 2.75) is 12.7 Å². The molecule has 1 aliphatic rings.